The summed E-state index contributed by atoms with van der Waals surface area (Å²) in [7, 11) is -2.49. The summed E-state index contributed by atoms with van der Waals surface area (Å²) in [6.07, 6.45) is 0. The SMILES string of the molecule is CCN(CC(=O)N1CCN(c2ccccc2F)CC1)S(=O)(=O)c1cc(C)ccc1OC. The number of sulfonamides is 1. The maximum atomic E-state index is 14.0. The Morgan fingerprint density at radius 2 is 1.81 bits per heavy atom. The third-order valence-corrected chi connectivity index (χ3v) is 7.37. The Kier molecular flexibility index (Phi) is 7.17. The predicted molar refractivity (Wildman–Crippen MR) is 117 cm³/mol. The molecule has 9 heteroatoms. The molecule has 0 unspecified atom stereocenters. The summed E-state index contributed by atoms with van der Waals surface area (Å²) in [6.45, 7) is 5.17. The summed E-state index contributed by atoms with van der Waals surface area (Å²) >= 11 is 0. The standard InChI is InChI=1S/C22H28FN3O4S/c1-4-26(31(28,29)21-15-17(2)9-10-20(21)30-3)16-22(27)25-13-11-24(12-14-25)19-8-6-5-7-18(19)23/h5-10,15H,4,11-14,16H2,1-3H3. The number of carbonyl (C=O) groups is 1. The van der Waals surface area contributed by atoms with Crippen LogP contribution in [0.2, 0.25) is 0 Å². The molecule has 1 fully saturated rings. The summed E-state index contributed by atoms with van der Waals surface area (Å²) in [4.78, 5) is 16.4. The molecule has 3 rings (SSSR count). The normalized spacial score (nSPS) is 14.7. The quantitative estimate of drug-likeness (QED) is 0.650. The summed E-state index contributed by atoms with van der Waals surface area (Å²) in [6, 6.07) is 11.5. The lowest BCUT2D eigenvalue weighted by molar-refractivity contribution is -0.131. The van der Waals surface area contributed by atoms with Gasteiger partial charge in [0.15, 0.2) is 0 Å². The summed E-state index contributed by atoms with van der Waals surface area (Å²) in [5.41, 5.74) is 1.30. The number of rotatable bonds is 7. The van der Waals surface area contributed by atoms with Crippen LogP contribution in [0.3, 0.4) is 0 Å². The van der Waals surface area contributed by atoms with E-state index in [1.807, 2.05) is 4.90 Å². The van der Waals surface area contributed by atoms with Crippen LogP contribution < -0.4 is 9.64 Å². The molecule has 0 atom stereocenters. The predicted octanol–water partition coefficient (Wildman–Crippen LogP) is 2.50. The fourth-order valence-corrected chi connectivity index (χ4v) is 5.29. The number of carbonyl (C=O) groups excluding carboxylic acids is 1. The van der Waals surface area contributed by atoms with Crippen LogP contribution in [0.4, 0.5) is 10.1 Å². The monoisotopic (exact) mass is 449 g/mol. The zero-order valence-corrected chi connectivity index (χ0v) is 18.9. The number of benzene rings is 2. The number of halogens is 1. The molecular formula is C22H28FN3O4S. The first-order valence-corrected chi connectivity index (χ1v) is 11.6. The van der Waals surface area contributed by atoms with Gasteiger partial charge >= 0.3 is 0 Å². The Labute approximate surface area is 183 Å². The molecule has 0 radical (unpaired) electrons. The molecular weight excluding hydrogens is 421 g/mol. The second-order valence-electron chi connectivity index (χ2n) is 7.40. The third kappa shape index (κ3) is 4.99. The van der Waals surface area contributed by atoms with E-state index in [4.69, 9.17) is 4.74 Å². The van der Waals surface area contributed by atoms with E-state index in [0.29, 0.717) is 31.9 Å². The van der Waals surface area contributed by atoms with Crippen LogP contribution in [0.5, 0.6) is 5.75 Å². The van der Waals surface area contributed by atoms with E-state index in [1.54, 1.807) is 55.1 Å². The van der Waals surface area contributed by atoms with E-state index in [2.05, 4.69) is 0 Å². The Hall–Kier alpha value is -2.65. The van der Waals surface area contributed by atoms with Crippen LogP contribution in [0, 0.1) is 12.7 Å². The van der Waals surface area contributed by atoms with Crippen molar-refractivity contribution >= 4 is 21.6 Å². The molecule has 1 heterocycles. The average molecular weight is 450 g/mol. The third-order valence-electron chi connectivity index (χ3n) is 5.43. The molecule has 1 aliphatic heterocycles. The minimum Gasteiger partial charge on any atom is -0.495 e. The smallest absolute Gasteiger partial charge is 0.247 e. The number of methoxy groups -OCH3 is 1. The molecule has 2 aromatic rings. The second kappa shape index (κ2) is 9.65. The molecule has 2 aromatic carbocycles. The first-order chi connectivity index (χ1) is 14.8. The van der Waals surface area contributed by atoms with Gasteiger partial charge in [0.25, 0.3) is 0 Å². The Morgan fingerprint density at radius 3 is 2.42 bits per heavy atom. The molecule has 0 saturated carbocycles. The average Bonchev–Trinajstić information content (AvgIpc) is 2.77. The summed E-state index contributed by atoms with van der Waals surface area (Å²) < 4.78 is 46.8. The number of nitrogens with zero attached hydrogens (tertiary/aromatic N) is 3. The first kappa shape index (κ1) is 23.0. The van der Waals surface area contributed by atoms with Crippen molar-refractivity contribution < 1.29 is 22.3 Å². The molecule has 0 bridgehead atoms. The number of hydrogen-bond donors (Lipinski definition) is 0. The Bertz CT molecular complexity index is 1040. The molecule has 168 valence electrons. The van der Waals surface area contributed by atoms with E-state index in [-0.39, 0.29) is 35.5 Å². The van der Waals surface area contributed by atoms with E-state index >= 15 is 0 Å². The van der Waals surface area contributed by atoms with Crippen LogP contribution in [-0.2, 0) is 14.8 Å². The van der Waals surface area contributed by atoms with Crippen molar-refractivity contribution in [3.05, 3.63) is 53.8 Å². The van der Waals surface area contributed by atoms with Gasteiger partial charge in [0, 0.05) is 32.7 Å². The van der Waals surface area contributed by atoms with Gasteiger partial charge in [0.05, 0.1) is 19.3 Å². The summed E-state index contributed by atoms with van der Waals surface area (Å²) in [5.74, 6) is -0.321. The highest BCUT2D eigenvalue weighted by atomic mass is 32.2. The molecule has 31 heavy (non-hydrogen) atoms. The van der Waals surface area contributed by atoms with Crippen LogP contribution in [0.15, 0.2) is 47.4 Å². The summed E-state index contributed by atoms with van der Waals surface area (Å²) in [5, 5.41) is 0. The van der Waals surface area contributed by atoms with Gasteiger partial charge in [0.1, 0.15) is 16.5 Å². The van der Waals surface area contributed by atoms with Gasteiger partial charge in [-0.15, -0.1) is 0 Å². The number of amides is 1. The molecule has 1 aliphatic rings. The lowest BCUT2D eigenvalue weighted by Crippen LogP contribution is -2.52. The number of piperazine rings is 1. The Balaban J connectivity index is 1.69. The van der Waals surface area contributed by atoms with Crippen LogP contribution in [0.1, 0.15) is 12.5 Å². The number of likely N-dealkylation sites (N-methyl/N-ethyl adjacent to an activating group) is 1. The van der Waals surface area contributed by atoms with Crippen molar-refractivity contribution in [2.75, 3.05) is 51.3 Å². The number of aryl methyl sites for hydroxylation is 1. The van der Waals surface area contributed by atoms with Crippen molar-refractivity contribution in [1.82, 2.24) is 9.21 Å². The topological polar surface area (TPSA) is 70.2 Å². The molecule has 7 nitrogen and oxygen atoms in total. The van der Waals surface area contributed by atoms with Crippen molar-refractivity contribution in [3.63, 3.8) is 0 Å². The zero-order chi connectivity index (χ0) is 22.6. The van der Waals surface area contributed by atoms with Gasteiger partial charge in [-0.05, 0) is 36.8 Å². The highest BCUT2D eigenvalue weighted by Crippen LogP contribution is 2.28. The number of para-hydroxylation sites is 1. The molecule has 0 aromatic heterocycles. The maximum absolute atomic E-state index is 14.0. The van der Waals surface area contributed by atoms with E-state index in [1.165, 1.54) is 13.2 Å². The lowest BCUT2D eigenvalue weighted by Gasteiger charge is -2.37. The fourth-order valence-electron chi connectivity index (χ4n) is 3.65. The molecule has 0 aliphatic carbocycles. The molecule has 0 N–H and O–H groups in total. The highest BCUT2D eigenvalue weighted by Gasteiger charge is 2.31. The van der Waals surface area contributed by atoms with Crippen LogP contribution >= 0.6 is 0 Å². The number of ether oxygens (including phenoxy) is 1. The van der Waals surface area contributed by atoms with Gasteiger partial charge in [0.2, 0.25) is 15.9 Å². The van der Waals surface area contributed by atoms with E-state index in [0.717, 1.165) is 9.87 Å². The first-order valence-electron chi connectivity index (χ1n) is 10.2. The zero-order valence-electron chi connectivity index (χ0n) is 18.0. The van der Waals surface area contributed by atoms with Crippen molar-refractivity contribution in [1.29, 1.82) is 0 Å². The van der Waals surface area contributed by atoms with Gasteiger partial charge in [-0.1, -0.05) is 25.1 Å². The van der Waals surface area contributed by atoms with Crippen LogP contribution in [-0.4, -0.2) is 69.9 Å². The van der Waals surface area contributed by atoms with Gasteiger partial charge < -0.3 is 14.5 Å². The van der Waals surface area contributed by atoms with E-state index in [9.17, 15) is 17.6 Å². The van der Waals surface area contributed by atoms with Crippen molar-refractivity contribution in [2.45, 2.75) is 18.7 Å². The van der Waals surface area contributed by atoms with Gasteiger partial charge in [-0.3, -0.25) is 4.79 Å². The van der Waals surface area contributed by atoms with Gasteiger partial charge in [-0.2, -0.15) is 4.31 Å². The number of anilines is 1. The lowest BCUT2D eigenvalue weighted by atomic mass is 10.2. The van der Waals surface area contributed by atoms with Crippen molar-refractivity contribution in [2.24, 2.45) is 0 Å². The Morgan fingerprint density at radius 1 is 1.13 bits per heavy atom. The highest BCUT2D eigenvalue weighted by molar-refractivity contribution is 7.89. The van der Waals surface area contributed by atoms with Gasteiger partial charge in [-0.25, -0.2) is 12.8 Å². The van der Waals surface area contributed by atoms with E-state index < -0.39 is 10.0 Å². The molecule has 1 amide bonds. The minimum atomic E-state index is -3.91. The second-order valence-corrected chi connectivity index (χ2v) is 9.31. The van der Waals surface area contributed by atoms with Crippen LogP contribution in [0.25, 0.3) is 0 Å². The van der Waals surface area contributed by atoms with Crippen molar-refractivity contribution in [3.8, 4) is 5.75 Å². The fraction of sp³-hybridized carbons (Fsp3) is 0.409. The maximum Gasteiger partial charge on any atom is 0.247 e. The minimum absolute atomic E-state index is 0.0500. The largest absolute Gasteiger partial charge is 0.495 e. The molecule has 0 spiro atoms. The number of hydrogen-bond acceptors (Lipinski definition) is 5. The molecule has 1 saturated heterocycles.